The first-order valence-electron chi connectivity index (χ1n) is 8.09. The van der Waals surface area contributed by atoms with Gasteiger partial charge in [0.1, 0.15) is 0 Å². The highest BCUT2D eigenvalue weighted by Gasteiger charge is 2.64. The number of hydrazone groups is 1. The minimum Gasteiger partial charge on any atom is -0.362 e. The lowest BCUT2D eigenvalue weighted by Crippen LogP contribution is -2.59. The minimum absolute atomic E-state index is 0.00439. The van der Waals surface area contributed by atoms with Crippen molar-refractivity contribution in [1.29, 1.82) is 0 Å². The van der Waals surface area contributed by atoms with Gasteiger partial charge in [0.15, 0.2) is 0 Å². The van der Waals surface area contributed by atoms with E-state index in [1.165, 1.54) is 0 Å². The van der Waals surface area contributed by atoms with Gasteiger partial charge >= 0.3 is 18.0 Å². The molecule has 1 heterocycles. The third-order valence-corrected chi connectivity index (χ3v) is 4.06. The molecule has 0 bridgehead atoms. The van der Waals surface area contributed by atoms with Crippen LogP contribution in [0, 0.1) is 5.92 Å². The van der Waals surface area contributed by atoms with Gasteiger partial charge in [-0.15, -0.1) is 0 Å². The minimum atomic E-state index is -5.15. The van der Waals surface area contributed by atoms with Crippen molar-refractivity contribution in [3.8, 4) is 0 Å². The molecule has 0 saturated heterocycles. The summed E-state index contributed by atoms with van der Waals surface area (Å²) in [6.07, 6.45) is -5.62. The SMILES string of the molecule is CC(C)C1=NN(C(=O)C(=O)NCCc2ccccc2)C(O)(C(F)(F)F)C1. The van der Waals surface area contributed by atoms with Gasteiger partial charge in [0.25, 0.3) is 5.72 Å². The third kappa shape index (κ3) is 4.04. The number of rotatable bonds is 4. The largest absolute Gasteiger partial charge is 0.438 e. The van der Waals surface area contributed by atoms with E-state index in [1.807, 2.05) is 18.2 Å². The van der Waals surface area contributed by atoms with Crippen LogP contribution >= 0.6 is 0 Å². The fourth-order valence-electron chi connectivity index (χ4n) is 2.46. The van der Waals surface area contributed by atoms with E-state index < -0.39 is 36.1 Å². The summed E-state index contributed by atoms with van der Waals surface area (Å²) in [6, 6.07) is 9.06. The van der Waals surface area contributed by atoms with E-state index in [0.717, 1.165) is 5.56 Å². The maximum absolute atomic E-state index is 13.3. The number of hydrogen-bond donors (Lipinski definition) is 2. The van der Waals surface area contributed by atoms with Crippen molar-refractivity contribution >= 4 is 17.5 Å². The summed E-state index contributed by atoms with van der Waals surface area (Å²) in [5.41, 5.74) is -2.62. The average molecular weight is 371 g/mol. The highest BCUT2D eigenvalue weighted by atomic mass is 19.4. The standard InChI is InChI=1S/C17H20F3N3O3/c1-11(2)13-10-16(26,17(18,19)20)23(22-13)15(25)14(24)21-9-8-12-6-4-3-5-7-12/h3-7,11,26H,8-10H2,1-2H3,(H,21,24). The Morgan fingerprint density at radius 1 is 1.31 bits per heavy atom. The van der Waals surface area contributed by atoms with Crippen LogP contribution in [0.4, 0.5) is 13.2 Å². The lowest BCUT2D eigenvalue weighted by molar-refractivity contribution is -0.301. The molecule has 1 aliphatic rings. The summed E-state index contributed by atoms with van der Waals surface area (Å²) >= 11 is 0. The number of hydrogen-bond acceptors (Lipinski definition) is 4. The van der Waals surface area contributed by atoms with Crippen LogP contribution in [0.5, 0.6) is 0 Å². The van der Waals surface area contributed by atoms with Gasteiger partial charge in [0.2, 0.25) is 0 Å². The molecule has 1 unspecified atom stereocenters. The number of nitrogens with one attached hydrogen (secondary N) is 1. The zero-order chi connectivity index (χ0) is 19.5. The Kier molecular flexibility index (Phi) is 5.70. The van der Waals surface area contributed by atoms with Gasteiger partial charge in [-0.1, -0.05) is 44.2 Å². The molecule has 2 N–H and O–H groups in total. The Balaban J connectivity index is 2.08. The Morgan fingerprint density at radius 2 is 1.92 bits per heavy atom. The van der Waals surface area contributed by atoms with Gasteiger partial charge in [-0.05, 0) is 17.9 Å². The number of halogens is 3. The number of carbonyl (C=O) groups excluding carboxylic acids is 2. The number of carbonyl (C=O) groups is 2. The van der Waals surface area contributed by atoms with E-state index in [0.29, 0.717) is 6.42 Å². The Hall–Kier alpha value is -2.42. The normalized spacial score (nSPS) is 20.3. The van der Waals surface area contributed by atoms with Crippen molar-refractivity contribution in [1.82, 2.24) is 10.3 Å². The smallest absolute Gasteiger partial charge is 0.362 e. The van der Waals surface area contributed by atoms with Gasteiger partial charge < -0.3 is 10.4 Å². The molecule has 0 aromatic heterocycles. The number of alkyl halides is 3. The summed E-state index contributed by atoms with van der Waals surface area (Å²) in [4.78, 5) is 24.1. The molecule has 1 aromatic rings. The van der Waals surface area contributed by atoms with Gasteiger partial charge in [0.05, 0.1) is 0 Å². The molecule has 9 heteroatoms. The van der Waals surface area contributed by atoms with Crippen LogP contribution in [0.25, 0.3) is 0 Å². The lowest BCUT2D eigenvalue weighted by Gasteiger charge is -2.32. The molecule has 0 spiro atoms. The Labute approximate surface area is 148 Å². The van der Waals surface area contributed by atoms with Crippen molar-refractivity contribution in [2.45, 2.75) is 38.6 Å². The second kappa shape index (κ2) is 7.45. The van der Waals surface area contributed by atoms with Gasteiger partial charge in [-0.3, -0.25) is 9.59 Å². The number of nitrogens with zero attached hydrogens (tertiary/aromatic N) is 2. The molecule has 1 aromatic carbocycles. The molecule has 6 nitrogen and oxygen atoms in total. The Bertz CT molecular complexity index is 704. The maximum Gasteiger partial charge on any atom is 0.438 e. The molecule has 0 aliphatic carbocycles. The van der Waals surface area contributed by atoms with Crippen LogP contribution in [0.3, 0.4) is 0 Å². The predicted molar refractivity (Wildman–Crippen MR) is 87.9 cm³/mol. The van der Waals surface area contributed by atoms with Gasteiger partial charge in [-0.25, -0.2) is 0 Å². The van der Waals surface area contributed by atoms with E-state index in [2.05, 4.69) is 10.4 Å². The summed E-state index contributed by atoms with van der Waals surface area (Å²) in [5.74, 6) is -3.21. The fourth-order valence-corrected chi connectivity index (χ4v) is 2.46. The zero-order valence-electron chi connectivity index (χ0n) is 14.4. The zero-order valence-corrected chi connectivity index (χ0v) is 14.4. The molecule has 0 saturated carbocycles. The van der Waals surface area contributed by atoms with E-state index in [-0.39, 0.29) is 17.3 Å². The molecular formula is C17H20F3N3O3. The molecule has 2 amide bonds. The van der Waals surface area contributed by atoms with Crippen LogP contribution < -0.4 is 5.32 Å². The highest BCUT2D eigenvalue weighted by Crippen LogP contribution is 2.41. The van der Waals surface area contributed by atoms with Gasteiger partial charge in [0, 0.05) is 18.7 Å². The van der Waals surface area contributed by atoms with Crippen molar-refractivity contribution in [2.75, 3.05) is 6.54 Å². The van der Waals surface area contributed by atoms with Crippen molar-refractivity contribution in [3.05, 3.63) is 35.9 Å². The van der Waals surface area contributed by atoms with E-state index in [4.69, 9.17) is 0 Å². The molecule has 26 heavy (non-hydrogen) atoms. The molecule has 142 valence electrons. The summed E-state index contributed by atoms with van der Waals surface area (Å²) in [6.45, 7) is 3.24. The predicted octanol–water partition coefficient (Wildman–Crippen LogP) is 1.84. The van der Waals surface area contributed by atoms with Crippen LogP contribution in [0.1, 0.15) is 25.8 Å². The maximum atomic E-state index is 13.3. The topological polar surface area (TPSA) is 82.0 Å². The fraction of sp³-hybridized carbons (Fsp3) is 0.471. The van der Waals surface area contributed by atoms with Crippen molar-refractivity contribution in [2.24, 2.45) is 11.0 Å². The first-order chi connectivity index (χ1) is 12.1. The van der Waals surface area contributed by atoms with E-state index >= 15 is 0 Å². The van der Waals surface area contributed by atoms with Crippen LogP contribution in [0.15, 0.2) is 35.4 Å². The van der Waals surface area contributed by atoms with Crippen LogP contribution in [-0.2, 0) is 16.0 Å². The average Bonchev–Trinajstić information content (AvgIpc) is 2.94. The van der Waals surface area contributed by atoms with Gasteiger partial charge in [-0.2, -0.15) is 23.3 Å². The first-order valence-corrected chi connectivity index (χ1v) is 8.09. The number of aliphatic hydroxyl groups is 1. The van der Waals surface area contributed by atoms with E-state index in [1.54, 1.807) is 26.0 Å². The lowest BCUT2D eigenvalue weighted by atomic mass is 9.99. The molecule has 2 rings (SSSR count). The van der Waals surface area contributed by atoms with Crippen molar-refractivity contribution in [3.63, 3.8) is 0 Å². The summed E-state index contributed by atoms with van der Waals surface area (Å²) < 4.78 is 39.8. The molecule has 0 radical (unpaired) electrons. The number of benzene rings is 1. The Morgan fingerprint density at radius 3 is 2.46 bits per heavy atom. The molecular weight excluding hydrogens is 351 g/mol. The van der Waals surface area contributed by atoms with Crippen LogP contribution in [0.2, 0.25) is 0 Å². The second-order valence-electron chi connectivity index (χ2n) is 6.35. The first kappa shape index (κ1) is 19.9. The third-order valence-electron chi connectivity index (χ3n) is 4.06. The molecule has 0 fully saturated rings. The highest BCUT2D eigenvalue weighted by molar-refractivity contribution is 6.35. The van der Waals surface area contributed by atoms with Crippen molar-refractivity contribution < 1.29 is 27.9 Å². The van der Waals surface area contributed by atoms with Crippen LogP contribution in [-0.4, -0.2) is 46.1 Å². The quantitative estimate of drug-likeness (QED) is 0.793. The molecule has 1 atom stereocenters. The second-order valence-corrected chi connectivity index (χ2v) is 6.35. The van der Waals surface area contributed by atoms with E-state index in [9.17, 15) is 27.9 Å². The number of amides is 2. The summed E-state index contributed by atoms with van der Waals surface area (Å²) in [5, 5.41) is 15.7. The molecule has 1 aliphatic heterocycles. The summed E-state index contributed by atoms with van der Waals surface area (Å²) in [7, 11) is 0. The monoisotopic (exact) mass is 371 g/mol.